The molecule has 2 rings (SSSR count). The molecule has 0 aliphatic carbocycles. The first kappa shape index (κ1) is 23.4. The van der Waals surface area contributed by atoms with Crippen LogP contribution in [0.4, 0.5) is 13.2 Å². The molecule has 7 nitrogen and oxygen atoms in total. The molecule has 0 saturated heterocycles. The summed E-state index contributed by atoms with van der Waals surface area (Å²) in [6, 6.07) is 2.14. The van der Waals surface area contributed by atoms with E-state index < -0.39 is 23.6 Å². The highest BCUT2D eigenvalue weighted by atomic mass is 19.4. The molecule has 10 heteroatoms. The second-order valence-corrected chi connectivity index (χ2v) is 7.18. The Hall–Kier alpha value is -2.91. The van der Waals surface area contributed by atoms with Crippen molar-refractivity contribution in [3.63, 3.8) is 0 Å². The van der Waals surface area contributed by atoms with Crippen LogP contribution in [0.5, 0.6) is 0 Å². The van der Waals surface area contributed by atoms with E-state index in [1.165, 1.54) is 29.0 Å². The van der Waals surface area contributed by atoms with Crippen LogP contribution in [0, 0.1) is 5.92 Å². The Labute approximate surface area is 172 Å². The van der Waals surface area contributed by atoms with Gasteiger partial charge < -0.3 is 9.64 Å². The van der Waals surface area contributed by atoms with Crippen molar-refractivity contribution in [3.05, 3.63) is 41.3 Å². The molecule has 0 spiro atoms. The molecule has 0 aliphatic heterocycles. The first-order valence-electron chi connectivity index (χ1n) is 9.49. The van der Waals surface area contributed by atoms with E-state index in [2.05, 4.69) is 10.1 Å². The number of hydrogen-bond donors (Lipinski definition) is 0. The summed E-state index contributed by atoms with van der Waals surface area (Å²) in [5.41, 5.74) is -0.0307. The lowest BCUT2D eigenvalue weighted by Gasteiger charge is -2.24. The Kier molecular flexibility index (Phi) is 7.22. The van der Waals surface area contributed by atoms with Crippen LogP contribution in [0.1, 0.15) is 55.2 Å². The smallest absolute Gasteiger partial charge is 0.417 e. The maximum Gasteiger partial charge on any atom is 0.417 e. The maximum absolute atomic E-state index is 13.1. The zero-order valence-electron chi connectivity index (χ0n) is 17.5. The highest BCUT2D eigenvalue weighted by Crippen LogP contribution is 2.29. The van der Waals surface area contributed by atoms with Crippen LogP contribution in [0.15, 0.2) is 24.5 Å². The van der Waals surface area contributed by atoms with Crippen LogP contribution in [-0.2, 0) is 15.7 Å². The number of ether oxygens (including phenoxy) is 1. The Morgan fingerprint density at radius 3 is 2.33 bits per heavy atom. The molecule has 30 heavy (non-hydrogen) atoms. The Morgan fingerprint density at radius 1 is 1.20 bits per heavy atom. The third kappa shape index (κ3) is 4.98. The van der Waals surface area contributed by atoms with Crippen molar-refractivity contribution in [1.29, 1.82) is 0 Å². The molecule has 2 heterocycles. The first-order valence-corrected chi connectivity index (χ1v) is 9.49. The molecule has 1 amide bonds. The predicted molar refractivity (Wildman–Crippen MR) is 103 cm³/mol. The van der Waals surface area contributed by atoms with E-state index in [9.17, 15) is 22.8 Å². The van der Waals surface area contributed by atoms with Gasteiger partial charge in [-0.05, 0) is 25.0 Å². The molecular formula is C20H25F3N4O3. The number of methoxy groups -OCH3 is 1. The molecule has 2 aromatic rings. The summed E-state index contributed by atoms with van der Waals surface area (Å²) in [7, 11) is 1.29. The van der Waals surface area contributed by atoms with E-state index in [1.807, 2.05) is 13.8 Å². The van der Waals surface area contributed by atoms with E-state index in [-0.39, 0.29) is 24.2 Å². The second-order valence-electron chi connectivity index (χ2n) is 7.18. The summed E-state index contributed by atoms with van der Waals surface area (Å²) in [6.07, 6.45) is -2.38. The number of amides is 1. The quantitative estimate of drug-likeness (QED) is 0.632. The molecule has 1 atom stereocenters. The van der Waals surface area contributed by atoms with Gasteiger partial charge in [-0.2, -0.15) is 18.3 Å². The van der Waals surface area contributed by atoms with Crippen LogP contribution in [-0.4, -0.2) is 51.7 Å². The van der Waals surface area contributed by atoms with Gasteiger partial charge >= 0.3 is 12.1 Å². The van der Waals surface area contributed by atoms with Crippen LogP contribution < -0.4 is 0 Å². The van der Waals surface area contributed by atoms with E-state index >= 15 is 0 Å². The van der Waals surface area contributed by atoms with Crippen molar-refractivity contribution in [3.8, 4) is 5.82 Å². The Balaban J connectivity index is 2.39. The summed E-state index contributed by atoms with van der Waals surface area (Å²) in [4.78, 5) is 30.2. The average Bonchev–Trinajstić information content (AvgIpc) is 3.15. The van der Waals surface area contributed by atoms with Gasteiger partial charge in [-0.15, -0.1) is 0 Å². The van der Waals surface area contributed by atoms with E-state index in [0.717, 1.165) is 12.3 Å². The number of carbonyl (C=O) groups is 2. The van der Waals surface area contributed by atoms with Crippen molar-refractivity contribution in [2.75, 3.05) is 20.2 Å². The molecule has 0 aliphatic rings. The largest absolute Gasteiger partial charge is 0.469 e. The third-order valence-electron chi connectivity index (χ3n) is 4.64. The summed E-state index contributed by atoms with van der Waals surface area (Å²) < 4.78 is 44.5. The molecule has 1 unspecified atom stereocenters. The van der Waals surface area contributed by atoms with Crippen LogP contribution in [0.25, 0.3) is 5.82 Å². The van der Waals surface area contributed by atoms with Crippen molar-refractivity contribution >= 4 is 11.9 Å². The zero-order chi connectivity index (χ0) is 22.6. The van der Waals surface area contributed by atoms with Gasteiger partial charge in [0, 0.05) is 19.3 Å². The minimum atomic E-state index is -4.49. The molecule has 0 N–H and O–H groups in total. The minimum Gasteiger partial charge on any atom is -0.469 e. The number of aromatic nitrogens is 3. The van der Waals surface area contributed by atoms with Gasteiger partial charge in [-0.25, -0.2) is 9.67 Å². The summed E-state index contributed by atoms with van der Waals surface area (Å²) >= 11 is 0. The number of carbonyl (C=O) groups excluding carboxylic acids is 2. The lowest BCUT2D eigenvalue weighted by molar-refractivity contribution is -0.145. The van der Waals surface area contributed by atoms with Gasteiger partial charge in [0.1, 0.15) is 0 Å². The highest BCUT2D eigenvalue weighted by Gasteiger charge is 2.31. The summed E-state index contributed by atoms with van der Waals surface area (Å²) in [5, 5.41) is 4.20. The first-order chi connectivity index (χ1) is 14.0. The van der Waals surface area contributed by atoms with E-state index in [0.29, 0.717) is 17.8 Å². The standard InChI is InChI=1S/C20H25F3N4O3/c1-6-26(11-13(4)19(29)30-5)18(28)15-10-25-27(17(15)12(2)3)16-8-7-14(9-24-16)20(21,22)23/h7-10,12-13H,6,11H2,1-5H3. The fourth-order valence-corrected chi connectivity index (χ4v) is 3.07. The number of pyridine rings is 1. The van der Waals surface area contributed by atoms with E-state index in [1.54, 1.807) is 13.8 Å². The molecule has 0 radical (unpaired) electrons. The molecule has 0 bridgehead atoms. The normalized spacial score (nSPS) is 12.7. The molecule has 164 valence electrons. The average molecular weight is 426 g/mol. The van der Waals surface area contributed by atoms with Crippen molar-refractivity contribution in [2.45, 2.75) is 39.8 Å². The summed E-state index contributed by atoms with van der Waals surface area (Å²) in [5.74, 6) is -1.23. The number of nitrogens with zero attached hydrogens (tertiary/aromatic N) is 4. The minimum absolute atomic E-state index is 0.160. The van der Waals surface area contributed by atoms with Crippen molar-refractivity contribution in [2.24, 2.45) is 5.92 Å². The lowest BCUT2D eigenvalue weighted by Crippen LogP contribution is -2.37. The van der Waals surface area contributed by atoms with E-state index in [4.69, 9.17) is 4.74 Å². The number of hydrogen-bond acceptors (Lipinski definition) is 5. The van der Waals surface area contributed by atoms with Crippen LogP contribution >= 0.6 is 0 Å². The molecule has 0 aromatic carbocycles. The van der Waals surface area contributed by atoms with Crippen molar-refractivity contribution in [1.82, 2.24) is 19.7 Å². The van der Waals surface area contributed by atoms with Gasteiger partial charge in [0.25, 0.3) is 5.91 Å². The topological polar surface area (TPSA) is 77.3 Å². The Morgan fingerprint density at radius 2 is 1.87 bits per heavy atom. The fourth-order valence-electron chi connectivity index (χ4n) is 3.07. The van der Waals surface area contributed by atoms with Crippen LogP contribution in [0.3, 0.4) is 0 Å². The molecular weight excluding hydrogens is 401 g/mol. The van der Waals surface area contributed by atoms with Crippen LogP contribution in [0.2, 0.25) is 0 Å². The predicted octanol–water partition coefficient (Wildman–Crippen LogP) is 3.68. The fraction of sp³-hybridized carbons (Fsp3) is 0.500. The SMILES string of the molecule is CCN(CC(C)C(=O)OC)C(=O)c1cnn(-c2ccc(C(F)(F)F)cn2)c1C(C)C. The molecule has 0 fully saturated rings. The monoisotopic (exact) mass is 426 g/mol. The van der Waals surface area contributed by atoms with Crippen molar-refractivity contribution < 1.29 is 27.5 Å². The Bertz CT molecular complexity index is 892. The highest BCUT2D eigenvalue weighted by molar-refractivity contribution is 5.95. The number of alkyl halides is 3. The number of esters is 1. The molecule has 2 aromatic heterocycles. The number of halogens is 3. The second kappa shape index (κ2) is 9.27. The van der Waals surface area contributed by atoms with Gasteiger partial charge in [-0.3, -0.25) is 9.59 Å². The maximum atomic E-state index is 13.1. The van der Waals surface area contributed by atoms with Gasteiger partial charge in [-0.1, -0.05) is 20.8 Å². The van der Waals surface area contributed by atoms with Gasteiger partial charge in [0.15, 0.2) is 5.82 Å². The lowest BCUT2D eigenvalue weighted by atomic mass is 10.0. The van der Waals surface area contributed by atoms with Gasteiger partial charge in [0.05, 0.1) is 36.0 Å². The third-order valence-corrected chi connectivity index (χ3v) is 4.64. The van der Waals surface area contributed by atoms with Gasteiger partial charge in [0.2, 0.25) is 0 Å². The zero-order valence-corrected chi connectivity index (χ0v) is 17.5. The molecule has 0 saturated carbocycles. The number of rotatable bonds is 7. The summed E-state index contributed by atoms with van der Waals surface area (Å²) in [6.45, 7) is 7.69.